The minimum absolute atomic E-state index is 0.0926. The Morgan fingerprint density at radius 2 is 1.83 bits per heavy atom. The summed E-state index contributed by atoms with van der Waals surface area (Å²) in [6, 6.07) is 9.54. The molecule has 3 amide bonds. The van der Waals surface area contributed by atoms with E-state index in [1.807, 2.05) is 5.32 Å². The van der Waals surface area contributed by atoms with Gasteiger partial charge in [-0.1, -0.05) is 12.1 Å². The largest absolute Gasteiger partial charge is 0.497 e. The zero-order valence-corrected chi connectivity index (χ0v) is 15.7. The monoisotopic (exact) mass is 402 g/mol. The summed E-state index contributed by atoms with van der Waals surface area (Å²) in [5, 5.41) is 4.10. The van der Waals surface area contributed by atoms with E-state index >= 15 is 0 Å². The molecule has 2 rings (SSSR count). The van der Waals surface area contributed by atoms with Gasteiger partial charge in [0, 0.05) is 11.6 Å². The highest BCUT2D eigenvalue weighted by molar-refractivity contribution is 6.02. The molecule has 0 aromatic heterocycles. The number of benzene rings is 2. The molecule has 8 nitrogen and oxygen atoms in total. The number of nitrogens with one attached hydrogen (secondary N) is 2. The maximum Gasteiger partial charge on any atom is 0.331 e. The number of amides is 3. The van der Waals surface area contributed by atoms with E-state index in [4.69, 9.17) is 14.2 Å². The Bertz CT molecular complexity index is 929. The Morgan fingerprint density at radius 1 is 1.07 bits per heavy atom. The molecule has 0 bridgehead atoms. The molecule has 0 saturated heterocycles. The number of halogens is 1. The Morgan fingerprint density at radius 3 is 2.52 bits per heavy atom. The van der Waals surface area contributed by atoms with Crippen LogP contribution in [0.1, 0.15) is 5.56 Å². The van der Waals surface area contributed by atoms with Crippen LogP contribution in [-0.2, 0) is 14.3 Å². The number of carbonyl (C=O) groups is 3. The van der Waals surface area contributed by atoms with E-state index in [0.717, 1.165) is 12.1 Å². The molecule has 0 aliphatic rings. The molecule has 0 atom stereocenters. The molecule has 2 N–H and O–H groups in total. The number of anilines is 1. The second-order valence-electron chi connectivity index (χ2n) is 5.53. The lowest BCUT2D eigenvalue weighted by atomic mass is 10.1. The molecule has 0 saturated carbocycles. The van der Waals surface area contributed by atoms with E-state index < -0.39 is 30.3 Å². The molecule has 0 heterocycles. The first kappa shape index (κ1) is 21.4. The summed E-state index contributed by atoms with van der Waals surface area (Å²) >= 11 is 0. The summed E-state index contributed by atoms with van der Waals surface area (Å²) in [4.78, 5) is 35.1. The molecular weight excluding hydrogens is 383 g/mol. The van der Waals surface area contributed by atoms with Crippen LogP contribution in [0.15, 0.2) is 48.5 Å². The molecule has 2 aromatic carbocycles. The average molecular weight is 402 g/mol. The van der Waals surface area contributed by atoms with E-state index in [9.17, 15) is 18.8 Å². The SMILES string of the molecule is COc1ccc(OC)c(/C=C/C(=O)OCC(=O)NC(=O)Nc2ccccc2F)c1. The lowest BCUT2D eigenvalue weighted by Crippen LogP contribution is -2.37. The number of esters is 1. The van der Waals surface area contributed by atoms with Crippen LogP contribution >= 0.6 is 0 Å². The fourth-order valence-corrected chi connectivity index (χ4v) is 2.19. The maximum atomic E-state index is 13.4. The highest BCUT2D eigenvalue weighted by Crippen LogP contribution is 2.25. The van der Waals surface area contributed by atoms with Gasteiger partial charge in [-0.15, -0.1) is 0 Å². The van der Waals surface area contributed by atoms with Crippen molar-refractivity contribution in [2.45, 2.75) is 0 Å². The third kappa shape index (κ3) is 6.65. The number of hydrogen-bond acceptors (Lipinski definition) is 6. The summed E-state index contributed by atoms with van der Waals surface area (Å²) in [7, 11) is 2.98. The highest BCUT2D eigenvalue weighted by atomic mass is 19.1. The second-order valence-corrected chi connectivity index (χ2v) is 5.53. The Kier molecular flexibility index (Phi) is 7.72. The molecule has 0 unspecified atom stereocenters. The van der Waals surface area contributed by atoms with Gasteiger partial charge in [0.25, 0.3) is 5.91 Å². The molecule has 0 spiro atoms. The van der Waals surface area contributed by atoms with Gasteiger partial charge in [-0.2, -0.15) is 0 Å². The highest BCUT2D eigenvalue weighted by Gasteiger charge is 2.12. The van der Waals surface area contributed by atoms with Crippen LogP contribution in [0.25, 0.3) is 6.08 Å². The van der Waals surface area contributed by atoms with Crippen molar-refractivity contribution in [3.8, 4) is 11.5 Å². The predicted molar refractivity (Wildman–Crippen MR) is 103 cm³/mol. The molecule has 2 aromatic rings. The van der Waals surface area contributed by atoms with Crippen LogP contribution in [0.2, 0.25) is 0 Å². The van der Waals surface area contributed by atoms with Crippen molar-refractivity contribution >= 4 is 29.7 Å². The minimum atomic E-state index is -0.951. The van der Waals surface area contributed by atoms with Gasteiger partial charge in [-0.25, -0.2) is 14.0 Å². The van der Waals surface area contributed by atoms with Crippen LogP contribution in [0.4, 0.5) is 14.9 Å². The summed E-state index contributed by atoms with van der Waals surface area (Å²) in [6.45, 7) is -0.691. The lowest BCUT2D eigenvalue weighted by molar-refractivity contribution is -0.143. The van der Waals surface area contributed by atoms with E-state index in [1.165, 1.54) is 38.5 Å². The van der Waals surface area contributed by atoms with Crippen LogP contribution in [-0.4, -0.2) is 38.7 Å². The first-order chi connectivity index (χ1) is 13.9. The van der Waals surface area contributed by atoms with Crippen molar-refractivity contribution in [3.63, 3.8) is 0 Å². The molecule has 0 fully saturated rings. The first-order valence-corrected chi connectivity index (χ1v) is 8.35. The number of ether oxygens (including phenoxy) is 3. The number of para-hydroxylation sites is 1. The van der Waals surface area contributed by atoms with Gasteiger partial charge in [0.05, 0.1) is 19.9 Å². The Labute approximate surface area is 166 Å². The van der Waals surface area contributed by atoms with Gasteiger partial charge in [0.1, 0.15) is 17.3 Å². The number of hydrogen-bond donors (Lipinski definition) is 2. The number of rotatable bonds is 7. The van der Waals surface area contributed by atoms with Crippen molar-refractivity contribution in [3.05, 3.63) is 59.9 Å². The van der Waals surface area contributed by atoms with Crippen LogP contribution < -0.4 is 20.1 Å². The van der Waals surface area contributed by atoms with Crippen molar-refractivity contribution in [1.29, 1.82) is 0 Å². The van der Waals surface area contributed by atoms with E-state index in [0.29, 0.717) is 17.1 Å². The first-order valence-electron chi connectivity index (χ1n) is 8.35. The normalized spacial score (nSPS) is 10.3. The smallest absolute Gasteiger partial charge is 0.331 e. The number of methoxy groups -OCH3 is 2. The molecule has 0 aliphatic carbocycles. The molecule has 9 heteroatoms. The standard InChI is InChI=1S/C20H19FN2O6/c1-27-14-8-9-17(28-2)13(11-14)7-10-19(25)29-12-18(24)23-20(26)22-16-6-4-3-5-15(16)21/h3-11H,12H2,1-2H3,(H2,22,23,24,26)/b10-7+. The topological polar surface area (TPSA) is 103 Å². The van der Waals surface area contributed by atoms with Crippen LogP contribution in [0, 0.1) is 5.82 Å². The predicted octanol–water partition coefficient (Wildman–Crippen LogP) is 2.75. The Balaban J connectivity index is 1.84. The minimum Gasteiger partial charge on any atom is -0.497 e. The lowest BCUT2D eigenvalue weighted by Gasteiger charge is -2.08. The Hall–Kier alpha value is -3.88. The number of urea groups is 1. The van der Waals surface area contributed by atoms with E-state index in [-0.39, 0.29) is 5.69 Å². The van der Waals surface area contributed by atoms with E-state index in [1.54, 1.807) is 18.2 Å². The van der Waals surface area contributed by atoms with Gasteiger partial charge in [-0.3, -0.25) is 10.1 Å². The summed E-state index contributed by atoms with van der Waals surface area (Å²) in [6.07, 6.45) is 2.54. The van der Waals surface area contributed by atoms with Gasteiger partial charge >= 0.3 is 12.0 Å². The fourth-order valence-electron chi connectivity index (χ4n) is 2.19. The average Bonchev–Trinajstić information content (AvgIpc) is 2.72. The van der Waals surface area contributed by atoms with Crippen molar-refractivity contribution in [2.24, 2.45) is 0 Å². The summed E-state index contributed by atoms with van der Waals surface area (Å²) < 4.78 is 28.5. The molecule has 152 valence electrons. The summed E-state index contributed by atoms with van der Waals surface area (Å²) in [5.41, 5.74) is 0.475. The quantitative estimate of drug-likeness (QED) is 0.545. The zero-order chi connectivity index (χ0) is 21.2. The second kappa shape index (κ2) is 10.5. The molecule has 29 heavy (non-hydrogen) atoms. The van der Waals surface area contributed by atoms with Gasteiger partial charge < -0.3 is 19.5 Å². The van der Waals surface area contributed by atoms with Gasteiger partial charge in [-0.05, 0) is 36.4 Å². The van der Waals surface area contributed by atoms with Gasteiger partial charge in [0.2, 0.25) is 0 Å². The third-order valence-corrected chi connectivity index (χ3v) is 3.56. The molecule has 0 radical (unpaired) electrons. The number of imide groups is 1. The van der Waals surface area contributed by atoms with Gasteiger partial charge in [0.15, 0.2) is 6.61 Å². The molecular formula is C20H19FN2O6. The van der Waals surface area contributed by atoms with E-state index in [2.05, 4.69) is 5.32 Å². The van der Waals surface area contributed by atoms with Crippen LogP contribution in [0.5, 0.6) is 11.5 Å². The fraction of sp³-hybridized carbons (Fsp3) is 0.150. The molecule has 0 aliphatic heterocycles. The number of carbonyl (C=O) groups excluding carboxylic acids is 3. The zero-order valence-electron chi connectivity index (χ0n) is 15.7. The van der Waals surface area contributed by atoms with Crippen molar-refractivity contribution in [1.82, 2.24) is 5.32 Å². The van der Waals surface area contributed by atoms with Crippen LogP contribution in [0.3, 0.4) is 0 Å². The maximum absolute atomic E-state index is 13.4. The van der Waals surface area contributed by atoms with Crippen molar-refractivity contribution < 1.29 is 33.0 Å². The van der Waals surface area contributed by atoms with Crippen molar-refractivity contribution in [2.75, 3.05) is 26.1 Å². The third-order valence-electron chi connectivity index (χ3n) is 3.56. The summed E-state index contributed by atoms with van der Waals surface area (Å²) in [5.74, 6) is -1.25.